The van der Waals surface area contributed by atoms with Crippen LogP contribution < -0.4 is 5.32 Å². The number of nitrogens with one attached hydrogen (secondary N) is 1. The van der Waals surface area contributed by atoms with Gasteiger partial charge < -0.3 is 10.2 Å². The molecule has 0 saturated carbocycles. The van der Waals surface area contributed by atoms with Crippen LogP contribution in [0.2, 0.25) is 0 Å². The number of hydrogen-bond acceptors (Lipinski definition) is 3. The molecule has 0 aromatic heterocycles. The zero-order valence-electron chi connectivity index (χ0n) is 13.2. The molecule has 1 fully saturated rings. The fraction of sp³-hybridized carbons (Fsp3) is 0.529. The van der Waals surface area contributed by atoms with E-state index < -0.39 is 0 Å². The zero-order chi connectivity index (χ0) is 15.7. The Morgan fingerprint density at radius 1 is 1.18 bits per heavy atom. The molecule has 2 aliphatic rings. The van der Waals surface area contributed by atoms with Crippen molar-refractivity contribution in [2.75, 3.05) is 31.5 Å². The van der Waals surface area contributed by atoms with Crippen LogP contribution in [0.1, 0.15) is 31.7 Å². The Labute approximate surface area is 131 Å². The summed E-state index contributed by atoms with van der Waals surface area (Å²) in [4.78, 5) is 29.0. The van der Waals surface area contributed by atoms with Crippen molar-refractivity contribution < 1.29 is 9.59 Å². The van der Waals surface area contributed by atoms with Gasteiger partial charge in [-0.05, 0) is 25.5 Å². The molecule has 5 heteroatoms. The van der Waals surface area contributed by atoms with Crippen LogP contribution in [0.3, 0.4) is 0 Å². The smallest absolute Gasteiger partial charge is 0.230 e. The SMILES string of the molecule is CC(C)N1CCN(C(=O)C2CC(=O)Nc3ccccc32)CC1. The minimum absolute atomic E-state index is 0.0714. The van der Waals surface area contributed by atoms with Crippen LogP contribution in [0.25, 0.3) is 0 Å². The number of nitrogens with zero attached hydrogens (tertiary/aromatic N) is 2. The number of carbonyl (C=O) groups is 2. The second kappa shape index (κ2) is 6.08. The Bertz CT molecular complexity index is 577. The molecule has 2 heterocycles. The first kappa shape index (κ1) is 15.0. The molecule has 1 unspecified atom stereocenters. The normalized spacial score (nSPS) is 22.4. The summed E-state index contributed by atoms with van der Waals surface area (Å²) in [6, 6.07) is 8.13. The maximum absolute atomic E-state index is 12.9. The Morgan fingerprint density at radius 3 is 2.55 bits per heavy atom. The lowest BCUT2D eigenvalue weighted by atomic mass is 9.89. The Morgan fingerprint density at radius 2 is 1.86 bits per heavy atom. The van der Waals surface area contributed by atoms with Crippen LogP contribution in [0.5, 0.6) is 0 Å². The molecule has 5 nitrogen and oxygen atoms in total. The predicted molar refractivity (Wildman–Crippen MR) is 85.7 cm³/mol. The highest BCUT2D eigenvalue weighted by Gasteiger charge is 2.34. The van der Waals surface area contributed by atoms with Gasteiger partial charge in [-0.15, -0.1) is 0 Å². The van der Waals surface area contributed by atoms with Crippen LogP contribution >= 0.6 is 0 Å². The molecule has 1 saturated heterocycles. The number of benzene rings is 1. The van der Waals surface area contributed by atoms with E-state index in [1.165, 1.54) is 0 Å². The van der Waals surface area contributed by atoms with Gasteiger partial charge in [0.25, 0.3) is 0 Å². The van der Waals surface area contributed by atoms with Crippen LogP contribution in [0.15, 0.2) is 24.3 Å². The predicted octanol–water partition coefficient (Wildman–Crippen LogP) is 1.66. The van der Waals surface area contributed by atoms with E-state index in [9.17, 15) is 9.59 Å². The number of anilines is 1. The molecule has 22 heavy (non-hydrogen) atoms. The van der Waals surface area contributed by atoms with E-state index in [1.807, 2.05) is 29.2 Å². The molecule has 118 valence electrons. The Kier molecular flexibility index (Phi) is 4.16. The van der Waals surface area contributed by atoms with Crippen molar-refractivity contribution in [1.29, 1.82) is 0 Å². The second-order valence-corrected chi connectivity index (χ2v) is 6.35. The maximum atomic E-state index is 12.9. The van der Waals surface area contributed by atoms with Gasteiger partial charge in [-0.1, -0.05) is 18.2 Å². The average molecular weight is 301 g/mol. The summed E-state index contributed by atoms with van der Waals surface area (Å²) >= 11 is 0. The second-order valence-electron chi connectivity index (χ2n) is 6.35. The van der Waals surface area contributed by atoms with Crippen molar-refractivity contribution in [3.05, 3.63) is 29.8 Å². The van der Waals surface area contributed by atoms with E-state index in [4.69, 9.17) is 0 Å². The van der Waals surface area contributed by atoms with E-state index in [2.05, 4.69) is 24.1 Å². The fourth-order valence-electron chi connectivity index (χ4n) is 3.31. The number of hydrogen-bond donors (Lipinski definition) is 1. The molecule has 2 aliphatic heterocycles. The number of piperazine rings is 1. The van der Waals surface area contributed by atoms with Crippen LogP contribution in [-0.2, 0) is 9.59 Å². The molecule has 0 aliphatic carbocycles. The maximum Gasteiger partial charge on any atom is 0.230 e. The first-order valence-corrected chi connectivity index (χ1v) is 7.98. The van der Waals surface area contributed by atoms with Crippen molar-refractivity contribution >= 4 is 17.5 Å². The van der Waals surface area contributed by atoms with E-state index in [0.29, 0.717) is 6.04 Å². The standard InChI is InChI=1S/C17H23N3O2/c1-12(2)19-7-9-20(10-8-19)17(22)14-11-16(21)18-15-6-4-3-5-13(14)15/h3-6,12,14H,7-11H2,1-2H3,(H,18,21). The van der Waals surface area contributed by atoms with Gasteiger partial charge in [0.05, 0.1) is 5.92 Å². The topological polar surface area (TPSA) is 52.7 Å². The fourth-order valence-corrected chi connectivity index (χ4v) is 3.31. The zero-order valence-corrected chi connectivity index (χ0v) is 13.2. The summed E-state index contributed by atoms with van der Waals surface area (Å²) in [7, 11) is 0. The largest absolute Gasteiger partial charge is 0.340 e. The molecule has 2 amide bonds. The molecule has 0 bridgehead atoms. The van der Waals surface area contributed by atoms with Gasteiger partial charge in [-0.25, -0.2) is 0 Å². The minimum Gasteiger partial charge on any atom is -0.340 e. The molecule has 1 aromatic rings. The average Bonchev–Trinajstić information content (AvgIpc) is 2.53. The highest BCUT2D eigenvalue weighted by molar-refractivity contribution is 6.01. The Hall–Kier alpha value is -1.88. The minimum atomic E-state index is -0.337. The lowest BCUT2D eigenvalue weighted by molar-refractivity contribution is -0.136. The van der Waals surface area contributed by atoms with E-state index >= 15 is 0 Å². The lowest BCUT2D eigenvalue weighted by Gasteiger charge is -2.39. The summed E-state index contributed by atoms with van der Waals surface area (Å²) in [6.07, 6.45) is 0.250. The molecule has 0 spiro atoms. The van der Waals surface area contributed by atoms with Gasteiger partial charge in [-0.3, -0.25) is 14.5 Å². The van der Waals surface area contributed by atoms with E-state index in [0.717, 1.165) is 37.4 Å². The summed E-state index contributed by atoms with van der Waals surface area (Å²) in [5.41, 5.74) is 1.72. The number of amides is 2. The van der Waals surface area contributed by atoms with Crippen molar-refractivity contribution in [2.45, 2.75) is 32.2 Å². The molecule has 1 N–H and O–H groups in total. The number of para-hydroxylation sites is 1. The van der Waals surface area contributed by atoms with Gasteiger partial charge in [0, 0.05) is 44.3 Å². The van der Waals surface area contributed by atoms with Crippen molar-refractivity contribution in [2.24, 2.45) is 0 Å². The third kappa shape index (κ3) is 2.86. The number of carbonyl (C=O) groups excluding carboxylic acids is 2. The molecule has 1 aromatic carbocycles. The summed E-state index contributed by atoms with van der Waals surface area (Å²) in [5, 5.41) is 2.85. The van der Waals surface area contributed by atoms with Crippen LogP contribution in [0.4, 0.5) is 5.69 Å². The van der Waals surface area contributed by atoms with Crippen molar-refractivity contribution in [3.8, 4) is 0 Å². The van der Waals surface area contributed by atoms with Gasteiger partial charge in [0.15, 0.2) is 0 Å². The van der Waals surface area contributed by atoms with E-state index in [1.54, 1.807) is 0 Å². The van der Waals surface area contributed by atoms with Gasteiger partial charge in [0.1, 0.15) is 0 Å². The van der Waals surface area contributed by atoms with Gasteiger partial charge in [-0.2, -0.15) is 0 Å². The third-order valence-electron chi connectivity index (χ3n) is 4.65. The first-order chi connectivity index (χ1) is 10.6. The van der Waals surface area contributed by atoms with Crippen LogP contribution in [0, 0.1) is 0 Å². The van der Waals surface area contributed by atoms with Crippen molar-refractivity contribution in [1.82, 2.24) is 9.80 Å². The third-order valence-corrected chi connectivity index (χ3v) is 4.65. The number of fused-ring (bicyclic) bond motifs is 1. The highest BCUT2D eigenvalue weighted by atomic mass is 16.2. The van der Waals surface area contributed by atoms with Crippen molar-refractivity contribution in [3.63, 3.8) is 0 Å². The molecule has 0 radical (unpaired) electrons. The molecule has 1 atom stereocenters. The quantitative estimate of drug-likeness (QED) is 0.904. The van der Waals surface area contributed by atoms with Crippen LogP contribution in [-0.4, -0.2) is 53.8 Å². The monoisotopic (exact) mass is 301 g/mol. The molecule has 3 rings (SSSR count). The van der Waals surface area contributed by atoms with E-state index in [-0.39, 0.29) is 24.2 Å². The highest BCUT2D eigenvalue weighted by Crippen LogP contribution is 2.33. The van der Waals surface area contributed by atoms with Gasteiger partial charge >= 0.3 is 0 Å². The first-order valence-electron chi connectivity index (χ1n) is 7.98. The summed E-state index contributed by atoms with van der Waals surface area (Å²) in [6.45, 7) is 7.67. The molecular weight excluding hydrogens is 278 g/mol. The lowest BCUT2D eigenvalue weighted by Crippen LogP contribution is -2.52. The summed E-state index contributed by atoms with van der Waals surface area (Å²) in [5.74, 6) is -0.320. The Balaban J connectivity index is 1.75. The summed E-state index contributed by atoms with van der Waals surface area (Å²) < 4.78 is 0. The molecular formula is C17H23N3O2. The number of rotatable bonds is 2. The van der Waals surface area contributed by atoms with Gasteiger partial charge in [0.2, 0.25) is 11.8 Å².